The average molecular weight is 180 g/mol. The van der Waals surface area contributed by atoms with Gasteiger partial charge in [0.15, 0.2) is 11.5 Å². The monoisotopic (exact) mass is 180 g/mol. The molecule has 0 fully saturated rings. The Kier molecular flexibility index (Phi) is 2.81. The zero-order chi connectivity index (χ0) is 9.90. The fourth-order valence-corrected chi connectivity index (χ4v) is 0.873. The van der Waals surface area contributed by atoms with Crippen molar-refractivity contribution in [1.82, 2.24) is 0 Å². The van der Waals surface area contributed by atoms with Crippen LogP contribution in [-0.4, -0.2) is 11.7 Å². The molecule has 0 aliphatic heterocycles. The molecule has 0 atom stereocenters. The SMILES string of the molecule is CC(C)(C)COc1ccccc1O. The number of phenolic OH excluding ortho intramolecular Hbond substituents is 1. The normalized spacial score (nSPS) is 11.3. The van der Waals surface area contributed by atoms with Crippen LogP contribution in [0.1, 0.15) is 20.8 Å². The van der Waals surface area contributed by atoms with Gasteiger partial charge in [-0.1, -0.05) is 32.9 Å². The van der Waals surface area contributed by atoms with Crippen molar-refractivity contribution in [2.75, 3.05) is 6.61 Å². The molecular formula is C11H16O2. The highest BCUT2D eigenvalue weighted by atomic mass is 16.5. The van der Waals surface area contributed by atoms with Crippen LogP contribution < -0.4 is 4.74 Å². The fourth-order valence-electron chi connectivity index (χ4n) is 0.873. The van der Waals surface area contributed by atoms with Crippen molar-refractivity contribution in [3.8, 4) is 11.5 Å². The Hall–Kier alpha value is -1.18. The van der Waals surface area contributed by atoms with Crippen molar-refractivity contribution in [2.24, 2.45) is 5.41 Å². The van der Waals surface area contributed by atoms with Crippen molar-refractivity contribution in [3.63, 3.8) is 0 Å². The highest BCUT2D eigenvalue weighted by Gasteiger charge is 2.11. The molecule has 0 saturated carbocycles. The predicted molar refractivity (Wildman–Crippen MR) is 53.1 cm³/mol. The molecule has 0 heterocycles. The van der Waals surface area contributed by atoms with Gasteiger partial charge in [0.2, 0.25) is 0 Å². The van der Waals surface area contributed by atoms with E-state index in [0.717, 1.165) is 0 Å². The van der Waals surface area contributed by atoms with Crippen LogP contribution >= 0.6 is 0 Å². The number of aromatic hydroxyl groups is 1. The maximum Gasteiger partial charge on any atom is 0.160 e. The minimum Gasteiger partial charge on any atom is -0.504 e. The van der Waals surface area contributed by atoms with Gasteiger partial charge < -0.3 is 9.84 Å². The van der Waals surface area contributed by atoms with E-state index in [-0.39, 0.29) is 11.2 Å². The first-order valence-electron chi connectivity index (χ1n) is 4.40. The molecule has 1 aromatic carbocycles. The third-order valence-electron chi connectivity index (χ3n) is 1.53. The van der Waals surface area contributed by atoms with Crippen LogP contribution in [0.4, 0.5) is 0 Å². The molecule has 0 radical (unpaired) electrons. The molecule has 0 amide bonds. The van der Waals surface area contributed by atoms with E-state index in [0.29, 0.717) is 12.4 Å². The van der Waals surface area contributed by atoms with Gasteiger partial charge in [0.05, 0.1) is 6.61 Å². The smallest absolute Gasteiger partial charge is 0.160 e. The van der Waals surface area contributed by atoms with Crippen molar-refractivity contribution in [1.29, 1.82) is 0 Å². The van der Waals surface area contributed by atoms with Crippen LogP contribution in [0.3, 0.4) is 0 Å². The second-order valence-corrected chi connectivity index (χ2v) is 4.32. The highest BCUT2D eigenvalue weighted by Crippen LogP contribution is 2.26. The Morgan fingerprint density at radius 3 is 2.38 bits per heavy atom. The second-order valence-electron chi connectivity index (χ2n) is 4.32. The molecule has 2 heteroatoms. The molecule has 0 aliphatic rings. The molecule has 13 heavy (non-hydrogen) atoms. The number of phenols is 1. The van der Waals surface area contributed by atoms with Gasteiger partial charge in [-0.2, -0.15) is 0 Å². The summed E-state index contributed by atoms with van der Waals surface area (Å²) in [5.41, 5.74) is 0.113. The molecule has 72 valence electrons. The summed E-state index contributed by atoms with van der Waals surface area (Å²) in [4.78, 5) is 0. The van der Waals surface area contributed by atoms with E-state index in [9.17, 15) is 5.11 Å². The van der Waals surface area contributed by atoms with Gasteiger partial charge in [0.25, 0.3) is 0 Å². The Balaban J connectivity index is 2.60. The first-order chi connectivity index (χ1) is 5.99. The van der Waals surface area contributed by atoms with Crippen LogP contribution in [0, 0.1) is 5.41 Å². The lowest BCUT2D eigenvalue weighted by Crippen LogP contribution is -2.16. The van der Waals surface area contributed by atoms with Crippen LogP contribution in [-0.2, 0) is 0 Å². The Morgan fingerprint density at radius 2 is 1.85 bits per heavy atom. The first kappa shape index (κ1) is 9.90. The summed E-state index contributed by atoms with van der Waals surface area (Å²) in [5, 5.41) is 9.38. The summed E-state index contributed by atoms with van der Waals surface area (Å²) in [7, 11) is 0. The van der Waals surface area contributed by atoms with Gasteiger partial charge in [0.1, 0.15) is 0 Å². The minimum absolute atomic E-state index is 0.113. The summed E-state index contributed by atoms with van der Waals surface area (Å²) in [5.74, 6) is 0.754. The number of hydrogen-bond acceptors (Lipinski definition) is 2. The van der Waals surface area contributed by atoms with Crippen LogP contribution in [0.2, 0.25) is 0 Å². The number of hydrogen-bond donors (Lipinski definition) is 1. The molecule has 0 bridgehead atoms. The second kappa shape index (κ2) is 3.69. The van der Waals surface area contributed by atoms with Crippen molar-refractivity contribution in [3.05, 3.63) is 24.3 Å². The molecule has 1 rings (SSSR count). The predicted octanol–water partition coefficient (Wildman–Crippen LogP) is 2.82. The van der Waals surface area contributed by atoms with Crippen LogP contribution in [0.25, 0.3) is 0 Å². The molecule has 1 aromatic rings. The number of para-hydroxylation sites is 2. The van der Waals surface area contributed by atoms with E-state index in [1.165, 1.54) is 0 Å². The number of ether oxygens (including phenoxy) is 1. The molecule has 0 aliphatic carbocycles. The van der Waals surface area contributed by atoms with Crippen molar-refractivity contribution < 1.29 is 9.84 Å². The van der Waals surface area contributed by atoms with Gasteiger partial charge in [-0.05, 0) is 17.5 Å². The fraction of sp³-hybridized carbons (Fsp3) is 0.455. The zero-order valence-corrected chi connectivity index (χ0v) is 8.37. The molecular weight excluding hydrogens is 164 g/mol. The summed E-state index contributed by atoms with van der Waals surface area (Å²) >= 11 is 0. The van der Waals surface area contributed by atoms with Crippen LogP contribution in [0.5, 0.6) is 11.5 Å². The van der Waals surface area contributed by atoms with E-state index < -0.39 is 0 Å². The lowest BCUT2D eigenvalue weighted by atomic mass is 9.99. The third kappa shape index (κ3) is 3.36. The molecule has 0 unspecified atom stereocenters. The Bertz CT molecular complexity index is 274. The molecule has 0 saturated heterocycles. The topological polar surface area (TPSA) is 29.5 Å². The maximum atomic E-state index is 9.38. The van der Waals surface area contributed by atoms with E-state index in [1.807, 2.05) is 6.07 Å². The summed E-state index contributed by atoms with van der Waals surface area (Å²) in [6, 6.07) is 7.01. The lowest BCUT2D eigenvalue weighted by molar-refractivity contribution is 0.192. The van der Waals surface area contributed by atoms with Gasteiger partial charge in [-0.25, -0.2) is 0 Å². The third-order valence-corrected chi connectivity index (χ3v) is 1.53. The standard InChI is InChI=1S/C11H16O2/c1-11(2,3)8-13-10-7-5-4-6-9(10)12/h4-7,12H,8H2,1-3H3. The van der Waals surface area contributed by atoms with Gasteiger partial charge >= 0.3 is 0 Å². The summed E-state index contributed by atoms with van der Waals surface area (Å²) in [6.45, 7) is 6.87. The summed E-state index contributed by atoms with van der Waals surface area (Å²) < 4.78 is 5.45. The van der Waals surface area contributed by atoms with E-state index in [1.54, 1.807) is 18.2 Å². The lowest BCUT2D eigenvalue weighted by Gasteiger charge is -2.19. The van der Waals surface area contributed by atoms with Gasteiger partial charge in [-0.3, -0.25) is 0 Å². The Labute approximate surface area is 79.2 Å². The molecule has 0 aromatic heterocycles. The average Bonchev–Trinajstić information content (AvgIpc) is 2.01. The molecule has 1 N–H and O–H groups in total. The Morgan fingerprint density at radius 1 is 1.23 bits per heavy atom. The van der Waals surface area contributed by atoms with Crippen LogP contribution in [0.15, 0.2) is 24.3 Å². The van der Waals surface area contributed by atoms with Gasteiger partial charge in [-0.15, -0.1) is 0 Å². The maximum absolute atomic E-state index is 9.38. The quantitative estimate of drug-likeness (QED) is 0.758. The summed E-state index contributed by atoms with van der Waals surface area (Å²) in [6.07, 6.45) is 0. The molecule has 2 nitrogen and oxygen atoms in total. The number of benzene rings is 1. The first-order valence-corrected chi connectivity index (χ1v) is 4.40. The zero-order valence-electron chi connectivity index (χ0n) is 8.37. The largest absolute Gasteiger partial charge is 0.504 e. The van der Waals surface area contributed by atoms with Crippen molar-refractivity contribution in [2.45, 2.75) is 20.8 Å². The van der Waals surface area contributed by atoms with Gasteiger partial charge in [0, 0.05) is 0 Å². The number of rotatable bonds is 2. The van der Waals surface area contributed by atoms with Crippen molar-refractivity contribution >= 4 is 0 Å². The minimum atomic E-state index is 0.113. The highest BCUT2D eigenvalue weighted by molar-refractivity contribution is 5.37. The molecule has 0 spiro atoms. The van der Waals surface area contributed by atoms with E-state index in [4.69, 9.17) is 4.74 Å². The van der Waals surface area contributed by atoms with E-state index >= 15 is 0 Å². The van der Waals surface area contributed by atoms with E-state index in [2.05, 4.69) is 20.8 Å².